The van der Waals surface area contributed by atoms with Crippen LogP contribution in [-0.2, 0) is 15.0 Å². The molecule has 4 rings (SSSR count). The number of rotatable bonds is 3. The number of hydrogen-bond acceptors (Lipinski definition) is 6. The monoisotopic (exact) mass is 397 g/mol. The highest BCUT2D eigenvalue weighted by Gasteiger charge is 2.39. The Morgan fingerprint density at radius 1 is 1.14 bits per heavy atom. The lowest BCUT2D eigenvalue weighted by molar-refractivity contribution is -0.141. The van der Waals surface area contributed by atoms with Crippen LogP contribution in [0.5, 0.6) is 0 Å². The van der Waals surface area contributed by atoms with E-state index in [2.05, 4.69) is 22.0 Å². The van der Waals surface area contributed by atoms with Crippen LogP contribution in [0.3, 0.4) is 0 Å². The molecule has 0 aliphatic carbocycles. The second-order valence-electron chi connectivity index (χ2n) is 8.33. The van der Waals surface area contributed by atoms with Gasteiger partial charge in [0.1, 0.15) is 0 Å². The van der Waals surface area contributed by atoms with Crippen molar-refractivity contribution in [3.05, 3.63) is 30.4 Å². The van der Waals surface area contributed by atoms with Gasteiger partial charge in [-0.15, -0.1) is 0 Å². The Labute approximate surface area is 170 Å². The van der Waals surface area contributed by atoms with Gasteiger partial charge >= 0.3 is 0 Å². The van der Waals surface area contributed by atoms with Crippen molar-refractivity contribution in [1.29, 1.82) is 0 Å². The van der Waals surface area contributed by atoms with E-state index in [0.29, 0.717) is 37.9 Å². The van der Waals surface area contributed by atoms with Gasteiger partial charge in [-0.2, -0.15) is 4.98 Å². The van der Waals surface area contributed by atoms with E-state index in [1.807, 2.05) is 21.9 Å². The van der Waals surface area contributed by atoms with Gasteiger partial charge in [0.25, 0.3) is 5.89 Å². The molecule has 0 unspecified atom stereocenters. The first kappa shape index (κ1) is 19.5. The molecule has 154 valence electrons. The first-order valence-corrected chi connectivity index (χ1v) is 10.3. The topological polar surface area (TPSA) is 92.4 Å². The van der Waals surface area contributed by atoms with Crippen LogP contribution in [0, 0.1) is 5.92 Å². The third kappa shape index (κ3) is 4.02. The predicted molar refractivity (Wildman–Crippen MR) is 106 cm³/mol. The summed E-state index contributed by atoms with van der Waals surface area (Å²) in [6.45, 7) is 6.47. The molecule has 0 bridgehead atoms. The summed E-state index contributed by atoms with van der Waals surface area (Å²) < 4.78 is 5.45. The van der Waals surface area contributed by atoms with Gasteiger partial charge < -0.3 is 14.3 Å². The molecule has 2 aliphatic heterocycles. The molecule has 2 aromatic rings. The van der Waals surface area contributed by atoms with Crippen molar-refractivity contribution in [3.8, 4) is 11.5 Å². The van der Waals surface area contributed by atoms with E-state index in [1.165, 1.54) is 0 Å². The van der Waals surface area contributed by atoms with E-state index in [-0.39, 0.29) is 23.1 Å². The van der Waals surface area contributed by atoms with Crippen molar-refractivity contribution in [3.63, 3.8) is 0 Å². The van der Waals surface area contributed by atoms with Crippen LogP contribution in [0.1, 0.15) is 45.4 Å². The highest BCUT2D eigenvalue weighted by atomic mass is 16.5. The molecule has 0 N–H and O–H groups in total. The van der Waals surface area contributed by atoms with Crippen molar-refractivity contribution in [1.82, 2.24) is 24.9 Å². The lowest BCUT2D eigenvalue weighted by Crippen LogP contribution is -2.48. The number of nitrogens with zero attached hydrogens (tertiary/aromatic N) is 5. The number of piperidine rings is 2. The zero-order chi connectivity index (χ0) is 20.4. The number of aromatic nitrogens is 3. The lowest BCUT2D eigenvalue weighted by Gasteiger charge is -2.40. The second kappa shape index (κ2) is 7.93. The minimum Gasteiger partial charge on any atom is -0.343 e. The molecule has 2 aliphatic rings. The summed E-state index contributed by atoms with van der Waals surface area (Å²) in [7, 11) is 0. The Hall–Kier alpha value is -2.77. The highest BCUT2D eigenvalue weighted by molar-refractivity contribution is 5.80. The highest BCUT2D eigenvalue weighted by Crippen LogP contribution is 2.35. The van der Waals surface area contributed by atoms with Gasteiger partial charge in [-0.3, -0.25) is 14.6 Å². The number of amides is 2. The fourth-order valence-electron chi connectivity index (χ4n) is 4.22. The average Bonchev–Trinajstić information content (AvgIpc) is 3.26. The predicted octanol–water partition coefficient (Wildman–Crippen LogP) is 2.27. The van der Waals surface area contributed by atoms with Gasteiger partial charge in [0.05, 0.1) is 5.56 Å². The summed E-state index contributed by atoms with van der Waals surface area (Å²) in [5.41, 5.74) is 0.595. The standard InChI is InChI=1S/C21H27N5O3/c1-15(27)25-10-5-16(6-11-25)19(28)26-12-7-21(2,8-13-26)20-23-18(29-24-20)17-4-3-9-22-14-17/h3-4,9,14,16H,5-8,10-13H2,1-2H3. The summed E-state index contributed by atoms with van der Waals surface area (Å²) in [5, 5.41) is 4.22. The van der Waals surface area contributed by atoms with Crippen LogP contribution in [-0.4, -0.2) is 62.9 Å². The maximum atomic E-state index is 12.9. The smallest absolute Gasteiger partial charge is 0.259 e. The van der Waals surface area contributed by atoms with Crippen molar-refractivity contribution < 1.29 is 14.1 Å². The van der Waals surface area contributed by atoms with Gasteiger partial charge in [0, 0.05) is 56.8 Å². The summed E-state index contributed by atoms with van der Waals surface area (Å²) >= 11 is 0. The zero-order valence-electron chi connectivity index (χ0n) is 17.0. The minimum atomic E-state index is -0.210. The van der Waals surface area contributed by atoms with Crippen LogP contribution in [0.25, 0.3) is 11.5 Å². The molecule has 2 amide bonds. The van der Waals surface area contributed by atoms with Crippen molar-refractivity contribution in [2.24, 2.45) is 5.92 Å². The molecule has 0 radical (unpaired) electrons. The Bertz CT molecular complexity index is 865. The lowest BCUT2D eigenvalue weighted by atomic mass is 9.79. The van der Waals surface area contributed by atoms with Gasteiger partial charge in [0.15, 0.2) is 5.82 Å². The minimum absolute atomic E-state index is 0.0253. The number of carbonyl (C=O) groups is 2. The molecule has 0 atom stereocenters. The van der Waals surface area contributed by atoms with Crippen molar-refractivity contribution in [2.75, 3.05) is 26.2 Å². The third-order valence-electron chi connectivity index (χ3n) is 6.34. The molecule has 4 heterocycles. The van der Waals surface area contributed by atoms with E-state index < -0.39 is 0 Å². The number of pyridine rings is 1. The van der Waals surface area contributed by atoms with Crippen LogP contribution >= 0.6 is 0 Å². The van der Waals surface area contributed by atoms with E-state index in [1.54, 1.807) is 19.3 Å². The Morgan fingerprint density at radius 2 is 1.86 bits per heavy atom. The van der Waals surface area contributed by atoms with Gasteiger partial charge in [-0.25, -0.2) is 0 Å². The average molecular weight is 397 g/mol. The van der Waals surface area contributed by atoms with Crippen LogP contribution in [0.15, 0.2) is 29.0 Å². The SMILES string of the molecule is CC(=O)N1CCC(C(=O)N2CCC(C)(c3noc(-c4cccnc4)n3)CC2)CC1. The third-order valence-corrected chi connectivity index (χ3v) is 6.34. The van der Waals surface area contributed by atoms with E-state index in [0.717, 1.165) is 31.2 Å². The number of carbonyl (C=O) groups excluding carboxylic acids is 2. The van der Waals surface area contributed by atoms with Gasteiger partial charge in [0.2, 0.25) is 11.8 Å². The Balaban J connectivity index is 1.36. The van der Waals surface area contributed by atoms with Gasteiger partial charge in [-0.05, 0) is 37.8 Å². The molecule has 2 fully saturated rings. The summed E-state index contributed by atoms with van der Waals surface area (Å²) in [4.78, 5) is 36.9. The zero-order valence-corrected chi connectivity index (χ0v) is 17.0. The fourth-order valence-corrected chi connectivity index (χ4v) is 4.22. The molecule has 0 aromatic carbocycles. The van der Waals surface area contributed by atoms with Crippen molar-refractivity contribution >= 4 is 11.8 Å². The maximum Gasteiger partial charge on any atom is 0.259 e. The molecule has 2 saturated heterocycles. The summed E-state index contributed by atoms with van der Waals surface area (Å²) in [6.07, 6.45) is 6.53. The number of likely N-dealkylation sites (tertiary alicyclic amines) is 2. The summed E-state index contributed by atoms with van der Waals surface area (Å²) in [6, 6.07) is 3.73. The van der Waals surface area contributed by atoms with E-state index >= 15 is 0 Å². The quantitative estimate of drug-likeness (QED) is 0.789. The van der Waals surface area contributed by atoms with Crippen LogP contribution in [0.4, 0.5) is 0 Å². The molecule has 0 saturated carbocycles. The van der Waals surface area contributed by atoms with E-state index in [9.17, 15) is 9.59 Å². The maximum absolute atomic E-state index is 12.9. The summed E-state index contributed by atoms with van der Waals surface area (Å²) in [5.74, 6) is 1.51. The van der Waals surface area contributed by atoms with E-state index in [4.69, 9.17) is 4.52 Å². The first-order chi connectivity index (χ1) is 14.0. The van der Waals surface area contributed by atoms with Crippen LogP contribution in [0.2, 0.25) is 0 Å². The Kier molecular flexibility index (Phi) is 5.34. The molecule has 8 nitrogen and oxygen atoms in total. The first-order valence-electron chi connectivity index (χ1n) is 10.3. The molecule has 29 heavy (non-hydrogen) atoms. The molecule has 8 heteroatoms. The molecular formula is C21H27N5O3. The van der Waals surface area contributed by atoms with Crippen LogP contribution < -0.4 is 0 Å². The fraction of sp³-hybridized carbons (Fsp3) is 0.571. The number of hydrogen-bond donors (Lipinski definition) is 0. The molecule has 2 aromatic heterocycles. The largest absolute Gasteiger partial charge is 0.343 e. The van der Waals surface area contributed by atoms with Gasteiger partial charge in [-0.1, -0.05) is 12.1 Å². The molecular weight excluding hydrogens is 370 g/mol. The normalized spacial score (nSPS) is 19.9. The Morgan fingerprint density at radius 3 is 2.48 bits per heavy atom. The second-order valence-corrected chi connectivity index (χ2v) is 8.33. The van der Waals surface area contributed by atoms with Crippen molar-refractivity contribution in [2.45, 2.75) is 44.9 Å². The molecule has 0 spiro atoms.